The van der Waals surface area contributed by atoms with E-state index in [4.69, 9.17) is 4.74 Å². The summed E-state index contributed by atoms with van der Waals surface area (Å²) in [4.78, 5) is 17.6. The van der Waals surface area contributed by atoms with Crippen molar-refractivity contribution in [3.63, 3.8) is 0 Å². The summed E-state index contributed by atoms with van der Waals surface area (Å²) in [7, 11) is 1.62. The highest BCUT2D eigenvalue weighted by atomic mass is 16.5. The number of rotatable bonds is 6. The highest BCUT2D eigenvalue weighted by Gasteiger charge is 2.23. The van der Waals surface area contributed by atoms with Gasteiger partial charge in [-0.05, 0) is 30.2 Å². The number of nitrogens with zero attached hydrogens (tertiary/aromatic N) is 2. The maximum atomic E-state index is 13.3. The summed E-state index contributed by atoms with van der Waals surface area (Å²) in [6.07, 6.45) is 3.67. The molecule has 4 rings (SSSR count). The van der Waals surface area contributed by atoms with Crippen LogP contribution in [0.25, 0.3) is 5.69 Å². The molecule has 1 amide bonds. The molecule has 5 nitrogen and oxygen atoms in total. The molecule has 0 aliphatic carbocycles. The number of nitrogens with one attached hydrogen (secondary N) is 1. The molecule has 0 bridgehead atoms. The second-order valence-electron chi connectivity index (χ2n) is 7.05. The Labute approximate surface area is 176 Å². The highest BCUT2D eigenvalue weighted by molar-refractivity contribution is 5.98. The minimum absolute atomic E-state index is 0.0966. The number of hydrogen-bond acceptors (Lipinski definition) is 3. The summed E-state index contributed by atoms with van der Waals surface area (Å²) >= 11 is 0. The summed E-state index contributed by atoms with van der Waals surface area (Å²) in [5.41, 5.74) is 4.34. The van der Waals surface area contributed by atoms with Gasteiger partial charge in [0.25, 0.3) is 0 Å². The van der Waals surface area contributed by atoms with Crippen LogP contribution in [0, 0.1) is 6.92 Å². The molecular weight excluding hydrogens is 374 g/mol. The molecule has 1 aromatic heterocycles. The molecule has 0 spiro atoms. The molecule has 3 aromatic carbocycles. The molecule has 5 heteroatoms. The molecular formula is C25H23N3O2. The molecule has 0 atom stereocenters. The van der Waals surface area contributed by atoms with Crippen LogP contribution in [0.1, 0.15) is 22.7 Å². The van der Waals surface area contributed by atoms with Gasteiger partial charge in [-0.3, -0.25) is 4.79 Å². The largest absolute Gasteiger partial charge is 0.494 e. The first kappa shape index (κ1) is 19.5. The van der Waals surface area contributed by atoms with Crippen LogP contribution in [0.15, 0.2) is 91.4 Å². The number of aryl methyl sites for hydroxylation is 1. The normalized spacial score (nSPS) is 10.8. The molecule has 0 unspecified atom stereocenters. The predicted molar refractivity (Wildman–Crippen MR) is 118 cm³/mol. The zero-order chi connectivity index (χ0) is 20.9. The summed E-state index contributed by atoms with van der Waals surface area (Å²) in [6.45, 7) is 1.94. The van der Waals surface area contributed by atoms with E-state index in [1.807, 2.05) is 96.6 Å². The quantitative estimate of drug-likeness (QED) is 0.500. The van der Waals surface area contributed by atoms with E-state index in [2.05, 4.69) is 10.3 Å². The number of carbonyl (C=O) groups is 1. The van der Waals surface area contributed by atoms with E-state index in [0.29, 0.717) is 11.4 Å². The van der Waals surface area contributed by atoms with Gasteiger partial charge in [-0.15, -0.1) is 0 Å². The summed E-state index contributed by atoms with van der Waals surface area (Å²) in [5.74, 6) is 0.149. The smallest absolute Gasteiger partial charge is 0.236 e. The van der Waals surface area contributed by atoms with E-state index in [1.54, 1.807) is 13.4 Å². The molecule has 0 aliphatic heterocycles. The molecule has 0 fully saturated rings. The number of imidazole rings is 1. The zero-order valence-corrected chi connectivity index (χ0v) is 16.9. The minimum atomic E-state index is -0.408. The molecule has 30 heavy (non-hydrogen) atoms. The van der Waals surface area contributed by atoms with Crippen molar-refractivity contribution in [3.8, 4) is 11.4 Å². The van der Waals surface area contributed by atoms with Gasteiger partial charge in [-0.2, -0.15) is 0 Å². The molecule has 0 saturated heterocycles. The molecule has 150 valence electrons. The van der Waals surface area contributed by atoms with Crippen molar-refractivity contribution >= 4 is 11.6 Å². The van der Waals surface area contributed by atoms with Crippen LogP contribution in [0.4, 0.5) is 5.69 Å². The third kappa shape index (κ3) is 4.10. The number of methoxy groups -OCH3 is 1. The van der Waals surface area contributed by atoms with Gasteiger partial charge in [0.2, 0.25) is 5.91 Å². The number of hydrogen-bond donors (Lipinski definition) is 1. The van der Waals surface area contributed by atoms with Gasteiger partial charge >= 0.3 is 0 Å². The number of aromatic nitrogens is 2. The lowest BCUT2D eigenvalue weighted by Gasteiger charge is -2.19. The Bertz CT molecular complexity index is 1100. The van der Waals surface area contributed by atoms with Crippen LogP contribution in [0.2, 0.25) is 0 Å². The first-order valence-corrected chi connectivity index (χ1v) is 9.75. The second-order valence-corrected chi connectivity index (χ2v) is 7.05. The number of benzene rings is 3. The van der Waals surface area contributed by atoms with E-state index in [0.717, 1.165) is 22.5 Å². The monoisotopic (exact) mass is 397 g/mol. The standard InChI is InChI=1S/C25H23N3O2/c1-18-16-28(17-26-18)22-14-13-21(15-23(22)30-2)27-25(29)24(19-9-5-3-6-10-19)20-11-7-4-8-12-20/h3-17,24H,1-2H3,(H,27,29). The average Bonchev–Trinajstić information content (AvgIpc) is 3.21. The van der Waals surface area contributed by atoms with Crippen molar-refractivity contribution in [3.05, 3.63) is 108 Å². The lowest BCUT2D eigenvalue weighted by molar-refractivity contribution is -0.116. The van der Waals surface area contributed by atoms with Gasteiger partial charge in [-0.1, -0.05) is 60.7 Å². The first-order valence-electron chi connectivity index (χ1n) is 9.75. The predicted octanol–water partition coefficient (Wildman–Crippen LogP) is 4.96. The van der Waals surface area contributed by atoms with E-state index in [9.17, 15) is 4.79 Å². The Balaban J connectivity index is 1.64. The maximum absolute atomic E-state index is 13.3. The third-order valence-corrected chi connectivity index (χ3v) is 4.97. The van der Waals surface area contributed by atoms with Crippen LogP contribution in [0.5, 0.6) is 5.75 Å². The van der Waals surface area contributed by atoms with Gasteiger partial charge in [0, 0.05) is 18.0 Å². The molecule has 1 heterocycles. The van der Waals surface area contributed by atoms with Crippen molar-refractivity contribution in [1.29, 1.82) is 0 Å². The number of carbonyl (C=O) groups excluding carboxylic acids is 1. The van der Waals surface area contributed by atoms with Crippen molar-refractivity contribution < 1.29 is 9.53 Å². The summed E-state index contributed by atoms with van der Waals surface area (Å²) in [6, 6.07) is 25.2. The lowest BCUT2D eigenvalue weighted by atomic mass is 9.90. The van der Waals surface area contributed by atoms with Crippen molar-refractivity contribution in [2.75, 3.05) is 12.4 Å². The van der Waals surface area contributed by atoms with Crippen LogP contribution in [-0.4, -0.2) is 22.6 Å². The second kappa shape index (κ2) is 8.66. The van der Waals surface area contributed by atoms with E-state index in [1.165, 1.54) is 0 Å². The average molecular weight is 397 g/mol. The molecule has 4 aromatic rings. The van der Waals surface area contributed by atoms with Gasteiger partial charge in [0.15, 0.2) is 0 Å². The van der Waals surface area contributed by atoms with Crippen molar-refractivity contribution in [2.45, 2.75) is 12.8 Å². The maximum Gasteiger partial charge on any atom is 0.236 e. The number of ether oxygens (including phenoxy) is 1. The number of anilines is 1. The lowest BCUT2D eigenvalue weighted by Crippen LogP contribution is -2.22. The Morgan fingerprint density at radius 1 is 0.967 bits per heavy atom. The van der Waals surface area contributed by atoms with Gasteiger partial charge in [0.05, 0.1) is 30.7 Å². The Morgan fingerprint density at radius 2 is 1.60 bits per heavy atom. The van der Waals surface area contributed by atoms with Crippen LogP contribution >= 0.6 is 0 Å². The fraction of sp³-hybridized carbons (Fsp3) is 0.120. The molecule has 1 N–H and O–H groups in total. The molecule has 0 aliphatic rings. The third-order valence-electron chi connectivity index (χ3n) is 4.97. The Hall–Kier alpha value is -3.86. The van der Waals surface area contributed by atoms with Gasteiger partial charge in [0.1, 0.15) is 5.75 Å². The summed E-state index contributed by atoms with van der Waals surface area (Å²) < 4.78 is 7.46. The topological polar surface area (TPSA) is 56.1 Å². The Morgan fingerprint density at radius 3 is 2.13 bits per heavy atom. The summed E-state index contributed by atoms with van der Waals surface area (Å²) in [5, 5.41) is 3.05. The van der Waals surface area contributed by atoms with Crippen molar-refractivity contribution in [2.24, 2.45) is 0 Å². The van der Waals surface area contributed by atoms with Crippen LogP contribution in [0.3, 0.4) is 0 Å². The Kier molecular flexibility index (Phi) is 5.61. The number of amides is 1. The molecule has 0 radical (unpaired) electrons. The van der Waals surface area contributed by atoms with E-state index >= 15 is 0 Å². The van der Waals surface area contributed by atoms with Crippen LogP contribution < -0.4 is 10.1 Å². The SMILES string of the molecule is COc1cc(NC(=O)C(c2ccccc2)c2ccccc2)ccc1-n1cnc(C)c1. The van der Waals surface area contributed by atoms with Gasteiger partial charge in [-0.25, -0.2) is 4.98 Å². The first-order chi connectivity index (χ1) is 14.7. The molecule has 0 saturated carbocycles. The minimum Gasteiger partial charge on any atom is -0.494 e. The fourth-order valence-corrected chi connectivity index (χ4v) is 3.52. The van der Waals surface area contributed by atoms with Crippen molar-refractivity contribution in [1.82, 2.24) is 9.55 Å². The van der Waals surface area contributed by atoms with E-state index in [-0.39, 0.29) is 5.91 Å². The van der Waals surface area contributed by atoms with E-state index < -0.39 is 5.92 Å². The van der Waals surface area contributed by atoms with Crippen LogP contribution in [-0.2, 0) is 4.79 Å². The van der Waals surface area contributed by atoms with Gasteiger partial charge < -0.3 is 14.6 Å². The fourth-order valence-electron chi connectivity index (χ4n) is 3.52. The highest BCUT2D eigenvalue weighted by Crippen LogP contribution is 2.30. The zero-order valence-electron chi connectivity index (χ0n) is 16.9.